The van der Waals surface area contributed by atoms with E-state index in [0.717, 1.165) is 16.5 Å². The quantitative estimate of drug-likeness (QED) is 0.687. The van der Waals surface area contributed by atoms with Gasteiger partial charge in [0, 0.05) is 10.9 Å². The monoisotopic (exact) mass is 362 g/mol. The number of rotatable bonds is 1. The van der Waals surface area contributed by atoms with Gasteiger partial charge in [-0.3, -0.25) is 0 Å². The van der Waals surface area contributed by atoms with E-state index in [1.807, 2.05) is 39.0 Å². The van der Waals surface area contributed by atoms with E-state index in [4.69, 9.17) is 4.74 Å². The molecule has 22 heavy (non-hydrogen) atoms. The first kappa shape index (κ1) is 17.0. The zero-order valence-electron chi connectivity index (χ0n) is 13.6. The third kappa shape index (κ3) is 3.36. The summed E-state index contributed by atoms with van der Waals surface area (Å²) in [6, 6.07) is 12.0. The molecular weight excluding hydrogens is 340 g/mol. The van der Waals surface area contributed by atoms with Crippen molar-refractivity contribution in [3.05, 3.63) is 63.1 Å². The van der Waals surface area contributed by atoms with Crippen LogP contribution in [0.3, 0.4) is 0 Å². The third-order valence-corrected chi connectivity index (χ3v) is 4.57. The molecule has 1 N–H and O–H groups in total. The van der Waals surface area contributed by atoms with E-state index < -0.39 is 0 Å². The number of hydrogen-bond donors (Lipinski definition) is 1. The number of aromatic hydroxyl groups is 1. The van der Waals surface area contributed by atoms with Crippen LogP contribution in [0.15, 0.2) is 40.9 Å². The molecule has 0 saturated heterocycles. The molecule has 2 atom stereocenters. The van der Waals surface area contributed by atoms with Crippen molar-refractivity contribution >= 4 is 15.9 Å². The lowest BCUT2D eigenvalue weighted by atomic mass is 9.88. The average molecular weight is 363 g/mol. The Hall–Kier alpha value is -1.32. The first-order valence-corrected chi connectivity index (χ1v) is 8.58. The lowest BCUT2D eigenvalue weighted by molar-refractivity contribution is -0.0174. The number of hydrogen-bond acceptors (Lipinski definition) is 2. The summed E-state index contributed by atoms with van der Waals surface area (Å²) in [5, 5.41) is 9.91. The fourth-order valence-electron chi connectivity index (χ4n) is 2.84. The van der Waals surface area contributed by atoms with Gasteiger partial charge in [0.15, 0.2) is 0 Å². The Labute approximate surface area is 141 Å². The Morgan fingerprint density at radius 3 is 2.36 bits per heavy atom. The molecule has 2 unspecified atom stereocenters. The minimum atomic E-state index is 0.0473. The topological polar surface area (TPSA) is 29.5 Å². The molecular formula is C19H23BrO2. The molecule has 0 saturated carbocycles. The maximum Gasteiger partial charge on any atom is 0.118 e. The first-order chi connectivity index (χ1) is 10.6. The van der Waals surface area contributed by atoms with Gasteiger partial charge in [-0.25, -0.2) is 0 Å². The molecule has 2 aromatic rings. The van der Waals surface area contributed by atoms with Crippen LogP contribution in [-0.4, -0.2) is 5.11 Å². The van der Waals surface area contributed by atoms with Crippen molar-refractivity contribution in [2.24, 2.45) is 0 Å². The van der Waals surface area contributed by atoms with E-state index in [1.54, 1.807) is 6.07 Å². The van der Waals surface area contributed by atoms with Gasteiger partial charge in [0.05, 0.1) is 12.2 Å². The summed E-state index contributed by atoms with van der Waals surface area (Å²) in [6.07, 6.45) is 0.902. The number of ether oxygens (including phenoxy) is 1. The van der Waals surface area contributed by atoms with Gasteiger partial charge in [0.1, 0.15) is 5.75 Å². The molecule has 1 heterocycles. The molecule has 0 spiro atoms. The minimum Gasteiger partial charge on any atom is -0.508 e. The van der Waals surface area contributed by atoms with Crippen molar-refractivity contribution in [3.63, 3.8) is 0 Å². The molecule has 0 fully saturated rings. The van der Waals surface area contributed by atoms with Crippen molar-refractivity contribution in [1.82, 2.24) is 0 Å². The Bertz CT molecular complexity index is 635. The molecule has 1 aliphatic rings. The van der Waals surface area contributed by atoms with Gasteiger partial charge in [-0.1, -0.05) is 48.0 Å². The van der Waals surface area contributed by atoms with Crippen molar-refractivity contribution in [1.29, 1.82) is 0 Å². The highest BCUT2D eigenvalue weighted by atomic mass is 79.9. The molecule has 2 nitrogen and oxygen atoms in total. The summed E-state index contributed by atoms with van der Waals surface area (Å²) in [4.78, 5) is 0. The molecule has 0 amide bonds. The standard InChI is InChI=1S/C17H17BrO2.C2H6/c1-10-15-9-17(12-3-5-13(18)6-4-12)20-11(2)14(15)7-8-16(10)19;1-2/h3-8,11,17,19H,9H2,1-2H3;1-2H3. The normalized spacial score (nSPS) is 19.9. The predicted molar refractivity (Wildman–Crippen MR) is 94.3 cm³/mol. The van der Waals surface area contributed by atoms with Crippen LogP contribution in [0, 0.1) is 6.92 Å². The van der Waals surface area contributed by atoms with E-state index in [-0.39, 0.29) is 12.2 Å². The Balaban J connectivity index is 0.000000847. The van der Waals surface area contributed by atoms with Gasteiger partial charge < -0.3 is 9.84 Å². The second kappa shape index (κ2) is 7.30. The van der Waals surface area contributed by atoms with Crippen molar-refractivity contribution < 1.29 is 9.84 Å². The molecule has 0 aliphatic carbocycles. The second-order valence-corrected chi connectivity index (χ2v) is 6.22. The second-order valence-electron chi connectivity index (χ2n) is 5.30. The smallest absolute Gasteiger partial charge is 0.118 e. The number of phenols is 1. The highest BCUT2D eigenvalue weighted by Crippen LogP contribution is 2.40. The zero-order chi connectivity index (χ0) is 16.3. The van der Waals surface area contributed by atoms with Crippen molar-refractivity contribution in [2.75, 3.05) is 0 Å². The van der Waals surface area contributed by atoms with Crippen molar-refractivity contribution in [2.45, 2.75) is 46.3 Å². The number of benzene rings is 2. The summed E-state index contributed by atoms with van der Waals surface area (Å²) in [6.45, 7) is 8.05. The summed E-state index contributed by atoms with van der Waals surface area (Å²) >= 11 is 3.45. The molecule has 3 heteroatoms. The molecule has 0 bridgehead atoms. The minimum absolute atomic E-state index is 0.0473. The van der Waals surface area contributed by atoms with E-state index in [0.29, 0.717) is 5.75 Å². The molecule has 0 radical (unpaired) electrons. The summed E-state index contributed by atoms with van der Waals surface area (Å²) in [5.41, 5.74) is 4.55. The fraction of sp³-hybridized carbons (Fsp3) is 0.368. The lowest BCUT2D eigenvalue weighted by Crippen LogP contribution is -2.19. The van der Waals surface area contributed by atoms with Crippen LogP contribution in [0.2, 0.25) is 0 Å². The van der Waals surface area contributed by atoms with Crippen LogP contribution in [0.1, 0.15) is 55.2 Å². The number of halogens is 1. The first-order valence-electron chi connectivity index (χ1n) is 7.78. The highest BCUT2D eigenvalue weighted by Gasteiger charge is 2.27. The van der Waals surface area contributed by atoms with E-state index in [1.165, 1.54) is 16.7 Å². The van der Waals surface area contributed by atoms with Gasteiger partial charge in [-0.2, -0.15) is 0 Å². The molecule has 3 rings (SSSR count). The van der Waals surface area contributed by atoms with Crippen LogP contribution >= 0.6 is 15.9 Å². The average Bonchev–Trinajstić information content (AvgIpc) is 2.54. The SMILES string of the molecule is CC.Cc1c(O)ccc2c1CC(c1ccc(Br)cc1)OC2C. The number of fused-ring (bicyclic) bond motifs is 1. The summed E-state index contributed by atoms with van der Waals surface area (Å²) in [5.74, 6) is 0.368. The van der Waals surface area contributed by atoms with Gasteiger partial charge >= 0.3 is 0 Å². The number of phenolic OH excluding ortho intramolecular Hbond substituents is 1. The summed E-state index contributed by atoms with van der Waals surface area (Å²) in [7, 11) is 0. The van der Waals surface area contributed by atoms with Crippen molar-refractivity contribution in [3.8, 4) is 5.75 Å². The van der Waals surface area contributed by atoms with Crippen LogP contribution in [0.4, 0.5) is 0 Å². The largest absolute Gasteiger partial charge is 0.508 e. The molecule has 0 aromatic heterocycles. The Morgan fingerprint density at radius 1 is 1.09 bits per heavy atom. The summed E-state index contributed by atoms with van der Waals surface area (Å²) < 4.78 is 7.21. The zero-order valence-corrected chi connectivity index (χ0v) is 15.1. The van der Waals surface area contributed by atoms with Gasteiger partial charge in [0.25, 0.3) is 0 Å². The van der Waals surface area contributed by atoms with Crippen LogP contribution in [0.5, 0.6) is 5.75 Å². The molecule has 118 valence electrons. The van der Waals surface area contributed by atoms with E-state index in [9.17, 15) is 5.11 Å². The Morgan fingerprint density at radius 2 is 1.73 bits per heavy atom. The predicted octanol–water partition coefficient (Wildman–Crippen LogP) is 5.86. The van der Waals surface area contributed by atoms with Gasteiger partial charge in [0.2, 0.25) is 0 Å². The third-order valence-electron chi connectivity index (χ3n) is 4.04. The molecule has 2 aromatic carbocycles. The Kier molecular flexibility index (Phi) is 5.65. The van der Waals surface area contributed by atoms with Crippen LogP contribution < -0.4 is 0 Å². The lowest BCUT2D eigenvalue weighted by Gasteiger charge is -2.32. The highest BCUT2D eigenvalue weighted by molar-refractivity contribution is 9.10. The van der Waals surface area contributed by atoms with E-state index >= 15 is 0 Å². The maximum atomic E-state index is 9.91. The van der Waals surface area contributed by atoms with Crippen LogP contribution in [-0.2, 0) is 11.2 Å². The van der Waals surface area contributed by atoms with E-state index in [2.05, 4.69) is 35.0 Å². The maximum absolute atomic E-state index is 9.91. The fourth-order valence-corrected chi connectivity index (χ4v) is 3.11. The molecule has 1 aliphatic heterocycles. The van der Waals surface area contributed by atoms with Gasteiger partial charge in [-0.15, -0.1) is 0 Å². The van der Waals surface area contributed by atoms with Crippen LogP contribution in [0.25, 0.3) is 0 Å². The van der Waals surface area contributed by atoms with Gasteiger partial charge in [-0.05, 0) is 54.3 Å².